The van der Waals surface area contributed by atoms with Crippen LogP contribution in [0.3, 0.4) is 0 Å². The SMILES string of the molecule is COc1cccc(CC2(C3CCN(Cc4cc(C)c(C)cc4C)CC3)NC(=O)N(C)C2=O)c1. The second-order valence-electron chi connectivity index (χ2n) is 9.71. The summed E-state index contributed by atoms with van der Waals surface area (Å²) in [6.07, 6.45) is 2.21. The highest BCUT2D eigenvalue weighted by Crippen LogP contribution is 2.37. The molecule has 0 aliphatic carbocycles. The van der Waals surface area contributed by atoms with E-state index in [9.17, 15) is 9.59 Å². The van der Waals surface area contributed by atoms with Crippen molar-refractivity contribution in [2.45, 2.75) is 52.1 Å². The topological polar surface area (TPSA) is 61.9 Å². The van der Waals surface area contributed by atoms with Crippen LogP contribution in [0.2, 0.25) is 0 Å². The number of rotatable bonds is 6. The molecule has 6 heteroatoms. The number of hydrogen-bond acceptors (Lipinski definition) is 4. The summed E-state index contributed by atoms with van der Waals surface area (Å²) in [6.45, 7) is 9.23. The van der Waals surface area contributed by atoms with E-state index in [1.807, 2.05) is 24.3 Å². The Balaban J connectivity index is 1.52. The van der Waals surface area contributed by atoms with Gasteiger partial charge in [-0.2, -0.15) is 0 Å². The summed E-state index contributed by atoms with van der Waals surface area (Å²) in [5, 5.41) is 3.09. The van der Waals surface area contributed by atoms with Crippen LogP contribution < -0.4 is 10.1 Å². The van der Waals surface area contributed by atoms with Crippen LogP contribution in [-0.2, 0) is 17.8 Å². The van der Waals surface area contributed by atoms with Gasteiger partial charge in [-0.25, -0.2) is 4.79 Å². The number of methoxy groups -OCH3 is 1. The van der Waals surface area contributed by atoms with E-state index in [0.717, 1.165) is 43.8 Å². The lowest BCUT2D eigenvalue weighted by Crippen LogP contribution is -2.57. The molecule has 176 valence electrons. The fourth-order valence-electron chi connectivity index (χ4n) is 5.38. The monoisotopic (exact) mass is 449 g/mol. The molecule has 2 aliphatic heterocycles. The van der Waals surface area contributed by atoms with E-state index in [2.05, 4.69) is 43.1 Å². The van der Waals surface area contributed by atoms with E-state index >= 15 is 0 Å². The number of nitrogens with one attached hydrogen (secondary N) is 1. The summed E-state index contributed by atoms with van der Waals surface area (Å²) in [5.74, 6) is 0.715. The van der Waals surface area contributed by atoms with Gasteiger partial charge in [0.25, 0.3) is 5.91 Å². The number of amides is 3. The molecular weight excluding hydrogens is 414 g/mol. The van der Waals surface area contributed by atoms with E-state index in [-0.39, 0.29) is 17.9 Å². The van der Waals surface area contributed by atoms with E-state index in [0.29, 0.717) is 6.42 Å². The summed E-state index contributed by atoms with van der Waals surface area (Å²) in [6, 6.07) is 12.0. The minimum Gasteiger partial charge on any atom is -0.497 e. The lowest BCUT2D eigenvalue weighted by Gasteiger charge is -2.41. The maximum Gasteiger partial charge on any atom is 0.324 e. The Bertz CT molecular complexity index is 1060. The Morgan fingerprint density at radius 2 is 1.73 bits per heavy atom. The van der Waals surface area contributed by atoms with E-state index < -0.39 is 5.54 Å². The van der Waals surface area contributed by atoms with Crippen molar-refractivity contribution >= 4 is 11.9 Å². The van der Waals surface area contributed by atoms with Crippen molar-refractivity contribution in [2.75, 3.05) is 27.2 Å². The molecule has 1 unspecified atom stereocenters. The molecule has 2 aromatic carbocycles. The number of nitrogens with zero attached hydrogens (tertiary/aromatic N) is 2. The highest BCUT2D eigenvalue weighted by Gasteiger charge is 2.54. The van der Waals surface area contributed by atoms with Crippen LogP contribution in [0.15, 0.2) is 36.4 Å². The third kappa shape index (κ3) is 4.49. The van der Waals surface area contributed by atoms with Gasteiger partial charge in [-0.1, -0.05) is 24.3 Å². The molecule has 0 bridgehead atoms. The minimum atomic E-state index is -0.902. The van der Waals surface area contributed by atoms with Gasteiger partial charge in [0.05, 0.1) is 7.11 Å². The van der Waals surface area contributed by atoms with Gasteiger partial charge in [0, 0.05) is 20.0 Å². The van der Waals surface area contributed by atoms with Gasteiger partial charge < -0.3 is 10.1 Å². The molecule has 2 aromatic rings. The van der Waals surface area contributed by atoms with Crippen molar-refractivity contribution in [3.8, 4) is 5.75 Å². The molecule has 2 heterocycles. The molecule has 0 saturated carbocycles. The number of benzene rings is 2. The van der Waals surface area contributed by atoms with Crippen molar-refractivity contribution in [1.29, 1.82) is 0 Å². The second-order valence-corrected chi connectivity index (χ2v) is 9.71. The van der Waals surface area contributed by atoms with Crippen molar-refractivity contribution < 1.29 is 14.3 Å². The molecule has 2 aliphatic rings. The zero-order chi connectivity index (χ0) is 23.8. The predicted octanol–water partition coefficient (Wildman–Crippen LogP) is 4.00. The van der Waals surface area contributed by atoms with Crippen LogP contribution in [0.4, 0.5) is 4.79 Å². The first-order valence-corrected chi connectivity index (χ1v) is 11.8. The Kier molecular flexibility index (Phi) is 6.48. The van der Waals surface area contributed by atoms with Gasteiger partial charge in [-0.15, -0.1) is 0 Å². The number of piperidine rings is 1. The smallest absolute Gasteiger partial charge is 0.324 e. The van der Waals surface area contributed by atoms with Crippen LogP contribution in [0.5, 0.6) is 5.75 Å². The van der Waals surface area contributed by atoms with Crippen LogP contribution in [0, 0.1) is 26.7 Å². The summed E-state index contributed by atoms with van der Waals surface area (Å²) < 4.78 is 5.37. The lowest BCUT2D eigenvalue weighted by atomic mass is 9.74. The number of carbonyl (C=O) groups is 2. The fraction of sp³-hybridized carbons (Fsp3) is 0.481. The van der Waals surface area contributed by atoms with Gasteiger partial charge in [0.15, 0.2) is 0 Å². The molecule has 0 aromatic heterocycles. The highest BCUT2D eigenvalue weighted by molar-refractivity contribution is 6.07. The number of likely N-dealkylation sites (N-methyl/N-ethyl adjacent to an activating group) is 1. The lowest BCUT2D eigenvalue weighted by molar-refractivity contribution is -0.133. The first-order chi connectivity index (χ1) is 15.7. The van der Waals surface area contributed by atoms with Crippen molar-refractivity contribution in [3.63, 3.8) is 0 Å². The normalized spacial score (nSPS) is 22.0. The van der Waals surface area contributed by atoms with Crippen molar-refractivity contribution in [1.82, 2.24) is 15.1 Å². The Morgan fingerprint density at radius 1 is 1.03 bits per heavy atom. The standard InChI is InChI=1S/C27H35N3O3/c1-18-13-20(3)22(14-19(18)2)17-30-11-9-23(10-12-30)27(25(31)29(4)26(32)28-27)16-21-7-6-8-24(15-21)33-5/h6-8,13-15,23H,9-12,16-17H2,1-5H3,(H,28,32). The number of carbonyl (C=O) groups excluding carboxylic acids is 2. The molecule has 1 atom stereocenters. The molecule has 4 rings (SSSR count). The first kappa shape index (κ1) is 23.3. The fourth-order valence-corrected chi connectivity index (χ4v) is 5.38. The highest BCUT2D eigenvalue weighted by atomic mass is 16.5. The van der Waals surface area contributed by atoms with E-state index in [4.69, 9.17) is 4.74 Å². The van der Waals surface area contributed by atoms with Crippen LogP contribution >= 0.6 is 0 Å². The van der Waals surface area contributed by atoms with Gasteiger partial charge in [0.1, 0.15) is 11.3 Å². The van der Waals surface area contributed by atoms with E-state index in [1.165, 1.54) is 27.2 Å². The quantitative estimate of drug-likeness (QED) is 0.678. The number of ether oxygens (including phenoxy) is 1. The average molecular weight is 450 g/mol. The second kappa shape index (κ2) is 9.18. The number of imide groups is 1. The van der Waals surface area contributed by atoms with Crippen molar-refractivity contribution in [3.05, 3.63) is 64.2 Å². The zero-order valence-electron chi connectivity index (χ0n) is 20.4. The molecule has 1 N–H and O–H groups in total. The number of likely N-dealkylation sites (tertiary alicyclic amines) is 1. The molecule has 0 spiro atoms. The first-order valence-electron chi connectivity index (χ1n) is 11.8. The Labute approximate surface area is 196 Å². The van der Waals surface area contributed by atoms with Gasteiger partial charge in [-0.3, -0.25) is 14.6 Å². The average Bonchev–Trinajstić information content (AvgIpc) is 3.02. The molecule has 2 fully saturated rings. The summed E-state index contributed by atoms with van der Waals surface area (Å²) in [5.41, 5.74) is 5.44. The number of hydrogen-bond donors (Lipinski definition) is 1. The van der Waals surface area contributed by atoms with Crippen LogP contribution in [-0.4, -0.2) is 54.5 Å². The summed E-state index contributed by atoms with van der Waals surface area (Å²) in [7, 11) is 3.21. The van der Waals surface area contributed by atoms with Crippen LogP contribution in [0.1, 0.15) is 40.7 Å². The number of aryl methyl sites for hydroxylation is 3. The molecule has 33 heavy (non-hydrogen) atoms. The van der Waals surface area contributed by atoms with Gasteiger partial charge >= 0.3 is 6.03 Å². The Morgan fingerprint density at radius 3 is 2.36 bits per heavy atom. The Hall–Kier alpha value is -2.86. The molecular formula is C27H35N3O3. The largest absolute Gasteiger partial charge is 0.497 e. The van der Waals surface area contributed by atoms with E-state index in [1.54, 1.807) is 14.2 Å². The summed E-state index contributed by atoms with van der Waals surface area (Å²) in [4.78, 5) is 29.6. The minimum absolute atomic E-state index is 0.0854. The maximum absolute atomic E-state index is 13.4. The molecule has 2 saturated heterocycles. The number of urea groups is 1. The van der Waals surface area contributed by atoms with Crippen LogP contribution in [0.25, 0.3) is 0 Å². The molecule has 3 amide bonds. The zero-order valence-corrected chi connectivity index (χ0v) is 20.4. The summed E-state index contributed by atoms with van der Waals surface area (Å²) >= 11 is 0. The predicted molar refractivity (Wildman–Crippen MR) is 129 cm³/mol. The van der Waals surface area contributed by atoms with Crippen molar-refractivity contribution in [2.24, 2.45) is 5.92 Å². The third-order valence-corrected chi connectivity index (χ3v) is 7.57. The van der Waals surface area contributed by atoms with Gasteiger partial charge in [0.2, 0.25) is 0 Å². The third-order valence-electron chi connectivity index (χ3n) is 7.57. The maximum atomic E-state index is 13.4. The van der Waals surface area contributed by atoms with Gasteiger partial charge in [-0.05, 0) is 92.6 Å². The molecule has 0 radical (unpaired) electrons. The molecule has 6 nitrogen and oxygen atoms in total.